The van der Waals surface area contributed by atoms with E-state index in [4.69, 9.17) is 5.73 Å². The van der Waals surface area contributed by atoms with Gasteiger partial charge in [0.15, 0.2) is 5.12 Å². The van der Waals surface area contributed by atoms with Gasteiger partial charge in [-0.05, 0) is 31.0 Å². The van der Waals surface area contributed by atoms with Crippen LogP contribution in [0.25, 0.3) is 0 Å². The summed E-state index contributed by atoms with van der Waals surface area (Å²) in [5.41, 5.74) is 6.58. The molecule has 1 rings (SSSR count). The number of rotatable bonds is 5. The van der Waals surface area contributed by atoms with E-state index < -0.39 is 18.0 Å². The van der Waals surface area contributed by atoms with Crippen LogP contribution in [-0.2, 0) is 4.79 Å². The van der Waals surface area contributed by atoms with Gasteiger partial charge >= 0.3 is 0 Å². The molecule has 1 aromatic rings. The highest BCUT2D eigenvalue weighted by Crippen LogP contribution is 2.26. The van der Waals surface area contributed by atoms with Gasteiger partial charge in [0.2, 0.25) is 0 Å². The maximum absolute atomic E-state index is 13.7. The van der Waals surface area contributed by atoms with Gasteiger partial charge < -0.3 is 15.9 Å². The first kappa shape index (κ1) is 15.9. The summed E-state index contributed by atoms with van der Waals surface area (Å²) in [4.78, 5) is 10.7. The van der Waals surface area contributed by atoms with Crippen molar-refractivity contribution in [2.45, 2.75) is 32.5 Å². The van der Waals surface area contributed by atoms with Gasteiger partial charge in [0.25, 0.3) is 0 Å². The molecular formula is C13H18FNO3S. The molecule has 0 amide bonds. The highest BCUT2D eigenvalue weighted by atomic mass is 32.2. The molecule has 6 heteroatoms. The van der Waals surface area contributed by atoms with Crippen LogP contribution in [-0.4, -0.2) is 27.2 Å². The Morgan fingerprint density at radius 3 is 2.68 bits per heavy atom. The largest absolute Gasteiger partial charge is 0.399 e. The first-order valence-corrected chi connectivity index (χ1v) is 6.86. The number of thioether (sulfide) groups is 1. The Labute approximate surface area is 115 Å². The molecule has 0 aliphatic rings. The fourth-order valence-electron chi connectivity index (χ4n) is 1.62. The van der Waals surface area contributed by atoms with Gasteiger partial charge in [-0.25, -0.2) is 4.39 Å². The third-order valence-corrected chi connectivity index (χ3v) is 3.63. The van der Waals surface area contributed by atoms with Crippen molar-refractivity contribution in [1.82, 2.24) is 0 Å². The summed E-state index contributed by atoms with van der Waals surface area (Å²) in [6, 6.07) is 2.56. The van der Waals surface area contributed by atoms with Crippen molar-refractivity contribution in [3.63, 3.8) is 0 Å². The van der Waals surface area contributed by atoms with E-state index in [1.54, 1.807) is 6.92 Å². The van der Waals surface area contributed by atoms with Crippen LogP contribution in [0.5, 0.6) is 0 Å². The summed E-state index contributed by atoms with van der Waals surface area (Å²) in [5, 5.41) is 19.6. The third kappa shape index (κ3) is 4.49. The quantitative estimate of drug-likeness (QED) is 0.719. The van der Waals surface area contributed by atoms with Crippen molar-refractivity contribution < 1.29 is 19.4 Å². The van der Waals surface area contributed by atoms with Crippen molar-refractivity contribution >= 4 is 22.6 Å². The predicted molar refractivity (Wildman–Crippen MR) is 74.3 cm³/mol. The second kappa shape index (κ2) is 6.88. The third-order valence-electron chi connectivity index (χ3n) is 2.79. The number of aliphatic hydroxyl groups excluding tert-OH is 2. The van der Waals surface area contributed by atoms with E-state index in [1.165, 1.54) is 19.1 Å². The molecule has 0 aromatic heterocycles. The van der Waals surface area contributed by atoms with E-state index >= 15 is 0 Å². The van der Waals surface area contributed by atoms with Crippen LogP contribution in [0.2, 0.25) is 0 Å². The molecule has 0 saturated carbocycles. The van der Waals surface area contributed by atoms with Crippen LogP contribution >= 0.6 is 11.8 Å². The van der Waals surface area contributed by atoms with E-state index in [9.17, 15) is 19.4 Å². The van der Waals surface area contributed by atoms with Crippen LogP contribution in [0.4, 0.5) is 10.1 Å². The van der Waals surface area contributed by atoms with Gasteiger partial charge in [-0.15, -0.1) is 0 Å². The smallest absolute Gasteiger partial charge is 0.185 e. The van der Waals surface area contributed by atoms with Crippen LogP contribution < -0.4 is 5.73 Å². The van der Waals surface area contributed by atoms with Crippen LogP contribution in [0.1, 0.15) is 30.6 Å². The lowest BCUT2D eigenvalue weighted by Crippen LogP contribution is -2.20. The molecule has 0 aliphatic carbocycles. The van der Waals surface area contributed by atoms with E-state index in [-0.39, 0.29) is 17.1 Å². The van der Waals surface area contributed by atoms with Crippen molar-refractivity contribution in [2.75, 3.05) is 11.5 Å². The molecule has 4 nitrogen and oxygen atoms in total. The topological polar surface area (TPSA) is 83.5 Å². The molecule has 4 N–H and O–H groups in total. The zero-order valence-corrected chi connectivity index (χ0v) is 11.7. The van der Waals surface area contributed by atoms with Gasteiger partial charge in [0.05, 0.1) is 6.10 Å². The van der Waals surface area contributed by atoms with Gasteiger partial charge in [-0.2, -0.15) is 0 Å². The number of halogens is 1. The molecule has 0 fully saturated rings. The lowest BCUT2D eigenvalue weighted by Gasteiger charge is -2.19. The van der Waals surface area contributed by atoms with E-state index in [0.29, 0.717) is 17.0 Å². The second-order valence-corrected chi connectivity index (χ2v) is 5.64. The summed E-state index contributed by atoms with van der Waals surface area (Å²) in [7, 11) is 0. The number of hydrogen-bond donors (Lipinski definition) is 3. The number of carbonyl (C=O) groups is 1. The zero-order valence-electron chi connectivity index (χ0n) is 10.9. The Morgan fingerprint density at radius 1 is 1.47 bits per heavy atom. The number of benzene rings is 1. The number of hydrogen-bond acceptors (Lipinski definition) is 5. The standard InChI is InChI=1S/C13H18FNO3S/c1-7-5-10(14)9(6-11(7)15)13(18)12(17)3-4-19-8(2)16/h5-6,12-13,17-18H,3-4,15H2,1-2H3. The van der Waals surface area contributed by atoms with E-state index in [2.05, 4.69) is 0 Å². The monoisotopic (exact) mass is 287 g/mol. The maximum Gasteiger partial charge on any atom is 0.185 e. The average molecular weight is 287 g/mol. The minimum absolute atomic E-state index is 0.0246. The Balaban J connectivity index is 2.73. The molecule has 1 aromatic carbocycles. The first-order valence-electron chi connectivity index (χ1n) is 5.88. The number of nitrogens with two attached hydrogens (primary N) is 1. The normalized spacial score (nSPS) is 14.2. The maximum atomic E-state index is 13.7. The lowest BCUT2D eigenvalue weighted by atomic mass is 10.00. The minimum atomic E-state index is -1.35. The molecule has 19 heavy (non-hydrogen) atoms. The van der Waals surface area contributed by atoms with Gasteiger partial charge in [-0.1, -0.05) is 11.8 Å². The molecule has 0 radical (unpaired) electrons. The van der Waals surface area contributed by atoms with Crippen molar-refractivity contribution in [3.8, 4) is 0 Å². The molecule has 2 unspecified atom stereocenters. The molecule has 2 atom stereocenters. The van der Waals surface area contributed by atoms with Crippen molar-refractivity contribution in [2.24, 2.45) is 0 Å². The second-order valence-electron chi connectivity index (χ2n) is 4.37. The molecule has 0 saturated heterocycles. The molecule has 0 bridgehead atoms. The number of anilines is 1. The predicted octanol–water partition coefficient (Wildman–Crippen LogP) is 1.78. The van der Waals surface area contributed by atoms with Gasteiger partial charge in [-0.3, -0.25) is 4.79 Å². The lowest BCUT2D eigenvalue weighted by molar-refractivity contribution is -0.109. The van der Waals surface area contributed by atoms with Crippen LogP contribution in [0.3, 0.4) is 0 Å². The average Bonchev–Trinajstić information content (AvgIpc) is 2.32. The molecular weight excluding hydrogens is 269 g/mol. The number of aliphatic hydroxyl groups is 2. The SMILES string of the molecule is CC(=O)SCCC(O)C(O)c1cc(N)c(C)cc1F. The highest BCUT2D eigenvalue weighted by molar-refractivity contribution is 8.13. The van der Waals surface area contributed by atoms with Crippen LogP contribution in [0, 0.1) is 12.7 Å². The fourth-order valence-corrected chi connectivity index (χ4v) is 2.27. The summed E-state index contributed by atoms with van der Waals surface area (Å²) in [6.07, 6.45) is -2.29. The Kier molecular flexibility index (Phi) is 5.78. The Bertz CT molecular complexity index is 467. The number of carbonyl (C=O) groups excluding carboxylic acids is 1. The van der Waals surface area contributed by atoms with E-state index in [1.807, 2.05) is 0 Å². The summed E-state index contributed by atoms with van der Waals surface area (Å²) in [5.74, 6) is -0.228. The minimum Gasteiger partial charge on any atom is -0.399 e. The summed E-state index contributed by atoms with van der Waals surface area (Å²) < 4.78 is 13.7. The van der Waals surface area contributed by atoms with Gasteiger partial charge in [0, 0.05) is 23.9 Å². The summed E-state index contributed by atoms with van der Waals surface area (Å²) in [6.45, 7) is 3.09. The number of nitrogen functional groups attached to an aromatic ring is 1. The molecule has 0 aliphatic heterocycles. The zero-order chi connectivity index (χ0) is 14.6. The Morgan fingerprint density at radius 2 is 2.11 bits per heavy atom. The molecule has 0 heterocycles. The number of aryl methyl sites for hydroxylation is 1. The van der Waals surface area contributed by atoms with Gasteiger partial charge in [0.1, 0.15) is 11.9 Å². The summed E-state index contributed by atoms with van der Waals surface area (Å²) >= 11 is 1.05. The highest BCUT2D eigenvalue weighted by Gasteiger charge is 2.22. The first-order chi connectivity index (χ1) is 8.82. The van der Waals surface area contributed by atoms with Crippen molar-refractivity contribution in [1.29, 1.82) is 0 Å². The Hall–Kier alpha value is -1.11. The van der Waals surface area contributed by atoms with Crippen molar-refractivity contribution in [3.05, 3.63) is 29.1 Å². The fraction of sp³-hybridized carbons (Fsp3) is 0.462. The molecule has 106 valence electrons. The van der Waals surface area contributed by atoms with E-state index in [0.717, 1.165) is 11.8 Å². The molecule has 0 spiro atoms. The van der Waals surface area contributed by atoms with Crippen LogP contribution in [0.15, 0.2) is 12.1 Å².